The summed E-state index contributed by atoms with van der Waals surface area (Å²) in [5, 5.41) is 4.55. The van der Waals surface area contributed by atoms with E-state index in [0.717, 1.165) is 17.5 Å². The first kappa shape index (κ1) is 29.8. The van der Waals surface area contributed by atoms with Crippen molar-refractivity contribution < 1.29 is 14.4 Å². The summed E-state index contributed by atoms with van der Waals surface area (Å²) in [4.78, 5) is 29.8. The normalized spacial score (nSPS) is 13.2. The molecule has 1 saturated carbocycles. The lowest BCUT2D eigenvalue weighted by atomic mass is 9.95. The molecule has 6 rings (SSSR count). The number of carbonyl (C=O) groups is 1. The molecule has 1 atom stereocenters. The predicted octanol–water partition coefficient (Wildman–Crippen LogP) is 8.39. The molecule has 1 aromatic heterocycles. The van der Waals surface area contributed by atoms with Gasteiger partial charge in [-0.2, -0.15) is 9.59 Å². The van der Waals surface area contributed by atoms with Gasteiger partial charge >= 0.3 is 6.15 Å². The molecule has 0 saturated heterocycles. The van der Waals surface area contributed by atoms with Crippen LogP contribution in [0.1, 0.15) is 77.0 Å². The SMILES string of the molecule is Cc1c(C)n(Cc2ccc(-c3ccccc3)cc2)c2ccc(C(=O)N[C@H](c3cccc(C(C)C)c3)C3CC3)cc12.O=C=O. The van der Waals surface area contributed by atoms with Crippen molar-refractivity contribution in [3.05, 3.63) is 131 Å². The average Bonchev–Trinajstić information content (AvgIpc) is 3.85. The molecule has 0 bridgehead atoms. The first-order valence-electron chi connectivity index (χ1n) is 14.9. The third-order valence-corrected chi connectivity index (χ3v) is 8.62. The highest BCUT2D eigenvalue weighted by molar-refractivity contribution is 5.99. The van der Waals surface area contributed by atoms with Crippen molar-refractivity contribution in [1.29, 1.82) is 0 Å². The van der Waals surface area contributed by atoms with E-state index in [9.17, 15) is 4.79 Å². The molecular formula is C38H38N2O3. The third kappa shape index (κ3) is 6.69. The smallest absolute Gasteiger partial charge is 0.345 e. The van der Waals surface area contributed by atoms with Crippen molar-refractivity contribution in [3.63, 3.8) is 0 Å². The van der Waals surface area contributed by atoms with E-state index < -0.39 is 0 Å². The topological polar surface area (TPSA) is 68.2 Å². The summed E-state index contributed by atoms with van der Waals surface area (Å²) in [5.41, 5.74) is 10.6. The summed E-state index contributed by atoms with van der Waals surface area (Å²) in [6, 6.07) is 34.3. The Morgan fingerprint density at radius 1 is 0.837 bits per heavy atom. The van der Waals surface area contributed by atoms with Crippen LogP contribution in [0.25, 0.3) is 22.0 Å². The molecule has 0 unspecified atom stereocenters. The summed E-state index contributed by atoms with van der Waals surface area (Å²) in [5.74, 6) is 0.999. The molecule has 5 heteroatoms. The molecule has 1 amide bonds. The van der Waals surface area contributed by atoms with Gasteiger partial charge in [-0.15, -0.1) is 0 Å². The van der Waals surface area contributed by atoms with E-state index in [1.807, 2.05) is 12.1 Å². The van der Waals surface area contributed by atoms with Crippen LogP contribution >= 0.6 is 0 Å². The number of carbonyl (C=O) groups excluding carboxylic acids is 3. The largest absolute Gasteiger partial charge is 0.373 e. The van der Waals surface area contributed by atoms with Gasteiger partial charge in [0.05, 0.1) is 6.04 Å². The van der Waals surface area contributed by atoms with Crippen LogP contribution in [0.3, 0.4) is 0 Å². The number of aromatic nitrogens is 1. The molecular weight excluding hydrogens is 532 g/mol. The molecule has 1 heterocycles. The molecule has 5 aromatic rings. The Kier molecular flexibility index (Phi) is 9.04. The average molecular weight is 571 g/mol. The van der Waals surface area contributed by atoms with Crippen molar-refractivity contribution in [3.8, 4) is 11.1 Å². The van der Waals surface area contributed by atoms with Crippen LogP contribution in [0.15, 0.2) is 97.1 Å². The summed E-state index contributed by atoms with van der Waals surface area (Å²) >= 11 is 0. The summed E-state index contributed by atoms with van der Waals surface area (Å²) < 4.78 is 2.37. The second-order valence-corrected chi connectivity index (χ2v) is 11.8. The Bertz CT molecular complexity index is 1760. The molecule has 1 fully saturated rings. The summed E-state index contributed by atoms with van der Waals surface area (Å²) in [6.45, 7) is 9.58. The standard InChI is InChI=1S/C37H38N2O.CO2/c1-24(2)31-11-8-12-32(21-31)36(30-17-18-30)38-37(40)33-19-20-35-34(22-33)25(3)26(4)39(35)23-27-13-15-29(16-14-27)28-9-6-5-7-10-28;2-1-3/h5-16,19-22,24,30,36H,17-18,23H2,1-4H3,(H,38,40);/t36-;/m0./s1. The number of aryl methyl sites for hydroxylation is 1. The summed E-state index contributed by atoms with van der Waals surface area (Å²) in [6.07, 6.45) is 2.59. The van der Waals surface area contributed by atoms with Crippen LogP contribution in [0, 0.1) is 19.8 Å². The molecule has 4 aromatic carbocycles. The fraction of sp³-hybridized carbons (Fsp3) is 0.263. The highest BCUT2D eigenvalue weighted by atomic mass is 16.2. The van der Waals surface area contributed by atoms with Crippen molar-refractivity contribution in [1.82, 2.24) is 9.88 Å². The van der Waals surface area contributed by atoms with Gasteiger partial charge < -0.3 is 9.88 Å². The molecule has 1 N–H and O–H groups in total. The number of hydrogen-bond acceptors (Lipinski definition) is 3. The van der Waals surface area contributed by atoms with Gasteiger partial charge in [0.1, 0.15) is 0 Å². The first-order valence-corrected chi connectivity index (χ1v) is 14.9. The molecule has 5 nitrogen and oxygen atoms in total. The minimum absolute atomic E-state index is 0.00931. The van der Waals surface area contributed by atoms with Gasteiger partial charge in [0.15, 0.2) is 0 Å². The highest BCUT2D eigenvalue weighted by Crippen LogP contribution is 2.41. The maximum Gasteiger partial charge on any atom is 0.373 e. The van der Waals surface area contributed by atoms with Gasteiger partial charge in [0, 0.05) is 28.7 Å². The number of rotatable bonds is 8. The third-order valence-electron chi connectivity index (χ3n) is 8.62. The van der Waals surface area contributed by atoms with Gasteiger partial charge in [0.25, 0.3) is 5.91 Å². The van der Waals surface area contributed by atoms with Gasteiger partial charge in [0.2, 0.25) is 0 Å². The predicted molar refractivity (Wildman–Crippen MR) is 171 cm³/mol. The maximum absolute atomic E-state index is 13.5. The van der Waals surface area contributed by atoms with E-state index in [1.165, 1.54) is 57.4 Å². The maximum atomic E-state index is 13.5. The van der Waals surface area contributed by atoms with E-state index in [2.05, 4.69) is 123 Å². The van der Waals surface area contributed by atoms with Crippen LogP contribution in [0.4, 0.5) is 0 Å². The van der Waals surface area contributed by atoms with E-state index in [0.29, 0.717) is 11.8 Å². The van der Waals surface area contributed by atoms with E-state index in [4.69, 9.17) is 9.59 Å². The summed E-state index contributed by atoms with van der Waals surface area (Å²) in [7, 11) is 0. The Balaban J connectivity index is 0.00000118. The van der Waals surface area contributed by atoms with Gasteiger partial charge in [-0.3, -0.25) is 4.79 Å². The van der Waals surface area contributed by atoms with Crippen molar-refractivity contribution in [2.75, 3.05) is 0 Å². The first-order chi connectivity index (χ1) is 20.8. The zero-order valence-electron chi connectivity index (χ0n) is 25.3. The second-order valence-electron chi connectivity index (χ2n) is 11.8. The van der Waals surface area contributed by atoms with Crippen LogP contribution in [-0.4, -0.2) is 16.6 Å². The van der Waals surface area contributed by atoms with E-state index in [1.54, 1.807) is 0 Å². The van der Waals surface area contributed by atoms with Crippen LogP contribution < -0.4 is 5.32 Å². The fourth-order valence-electron chi connectivity index (χ4n) is 5.85. The molecule has 1 aliphatic rings. The Labute approximate surface area is 253 Å². The molecule has 1 aliphatic carbocycles. The zero-order valence-corrected chi connectivity index (χ0v) is 25.3. The number of fused-ring (bicyclic) bond motifs is 1. The van der Waals surface area contributed by atoms with Crippen molar-refractivity contribution in [2.24, 2.45) is 5.92 Å². The quantitative estimate of drug-likeness (QED) is 0.204. The Hall–Kier alpha value is -4.73. The number of nitrogens with zero attached hydrogens (tertiary/aromatic N) is 1. The monoisotopic (exact) mass is 570 g/mol. The lowest BCUT2D eigenvalue weighted by Crippen LogP contribution is -2.30. The minimum Gasteiger partial charge on any atom is -0.345 e. The van der Waals surface area contributed by atoms with Crippen LogP contribution in [0.5, 0.6) is 0 Å². The van der Waals surface area contributed by atoms with Gasteiger partial charge in [-0.05, 0) is 90.1 Å². The van der Waals surface area contributed by atoms with E-state index in [-0.39, 0.29) is 18.1 Å². The van der Waals surface area contributed by atoms with Gasteiger partial charge in [-0.1, -0.05) is 92.7 Å². The molecule has 0 radical (unpaired) electrons. The van der Waals surface area contributed by atoms with Crippen molar-refractivity contribution >= 4 is 23.0 Å². The molecule has 0 aliphatic heterocycles. The van der Waals surface area contributed by atoms with Crippen LogP contribution in [-0.2, 0) is 16.1 Å². The number of amides is 1. The Morgan fingerprint density at radius 3 is 2.14 bits per heavy atom. The number of benzene rings is 4. The molecule has 43 heavy (non-hydrogen) atoms. The molecule has 0 spiro atoms. The lowest BCUT2D eigenvalue weighted by Gasteiger charge is -2.20. The second kappa shape index (κ2) is 13.1. The minimum atomic E-state index is 0.00931. The van der Waals surface area contributed by atoms with Crippen LogP contribution in [0.2, 0.25) is 0 Å². The van der Waals surface area contributed by atoms with Gasteiger partial charge in [-0.25, -0.2) is 0 Å². The lowest BCUT2D eigenvalue weighted by molar-refractivity contribution is -0.191. The molecule has 218 valence electrons. The fourth-order valence-corrected chi connectivity index (χ4v) is 5.85. The van der Waals surface area contributed by atoms with Crippen molar-refractivity contribution in [2.45, 2.75) is 59.0 Å². The Morgan fingerprint density at radius 2 is 1.49 bits per heavy atom. The van der Waals surface area contributed by atoms with E-state index >= 15 is 0 Å². The number of hydrogen-bond donors (Lipinski definition) is 1. The number of nitrogens with one attached hydrogen (secondary N) is 1. The highest BCUT2D eigenvalue weighted by Gasteiger charge is 2.34. The zero-order chi connectivity index (χ0) is 30.5.